The fraction of sp³-hybridized carbons (Fsp3) is 0.400. The summed E-state index contributed by atoms with van der Waals surface area (Å²) < 4.78 is 0. The van der Waals surface area contributed by atoms with Crippen molar-refractivity contribution >= 4 is 11.5 Å². The number of benzene rings is 1. The van der Waals surface area contributed by atoms with Crippen molar-refractivity contribution in [2.24, 2.45) is 5.84 Å². The Morgan fingerprint density at radius 1 is 1.28 bits per heavy atom. The number of nitrogens with two attached hydrogens (primary N) is 1. The zero-order valence-electron chi connectivity index (χ0n) is 10.8. The number of rotatable bonds is 3. The van der Waals surface area contributed by atoms with E-state index in [0.29, 0.717) is 0 Å². The zero-order chi connectivity index (χ0) is 13.0. The van der Waals surface area contributed by atoms with Crippen LogP contribution in [-0.4, -0.2) is 5.91 Å². The van der Waals surface area contributed by atoms with Crippen molar-refractivity contribution in [1.29, 1.82) is 0 Å². The molecule has 3 nitrogen and oxygen atoms in total. The largest absolute Gasteiger partial charge is 0.294 e. The Morgan fingerprint density at radius 2 is 2.00 bits per heavy atom. The quantitative estimate of drug-likeness (QED) is 0.488. The summed E-state index contributed by atoms with van der Waals surface area (Å²) in [5.74, 6) is 4.79. The second kappa shape index (κ2) is 5.83. The number of allylic oxidation sites excluding steroid dienone is 2. The third kappa shape index (κ3) is 2.79. The van der Waals surface area contributed by atoms with Gasteiger partial charge in [0, 0.05) is 0 Å². The number of hydrogen-bond acceptors (Lipinski definition) is 2. The Labute approximate surface area is 108 Å². The molecule has 3 heteroatoms. The van der Waals surface area contributed by atoms with Gasteiger partial charge in [0.1, 0.15) is 0 Å². The minimum Gasteiger partial charge on any atom is -0.294 e. The normalized spacial score (nSPS) is 16.9. The molecule has 1 aliphatic rings. The lowest BCUT2D eigenvalue weighted by Crippen LogP contribution is -2.33. The van der Waals surface area contributed by atoms with Gasteiger partial charge < -0.3 is 0 Å². The van der Waals surface area contributed by atoms with E-state index in [1.54, 1.807) is 0 Å². The van der Waals surface area contributed by atoms with Gasteiger partial charge >= 0.3 is 0 Å². The summed E-state index contributed by atoms with van der Waals surface area (Å²) in [6.45, 7) is 1.86. The Bertz CT molecular complexity index is 448. The number of amides is 1. The van der Waals surface area contributed by atoms with E-state index in [1.807, 2.05) is 19.1 Å². The predicted molar refractivity (Wildman–Crippen MR) is 73.6 cm³/mol. The van der Waals surface area contributed by atoms with Crippen LogP contribution in [0.3, 0.4) is 0 Å². The number of carbonyl (C=O) groups is 1. The minimum atomic E-state index is -0.204. The third-order valence-electron chi connectivity index (χ3n) is 3.61. The second-order valence-electron chi connectivity index (χ2n) is 4.83. The molecule has 0 aromatic heterocycles. The van der Waals surface area contributed by atoms with Crippen LogP contribution in [0.2, 0.25) is 0 Å². The molecule has 1 aromatic rings. The van der Waals surface area contributed by atoms with Gasteiger partial charge in [-0.1, -0.05) is 30.3 Å². The molecule has 2 rings (SSSR count). The Balaban J connectivity index is 2.14. The van der Waals surface area contributed by atoms with Gasteiger partial charge in [-0.3, -0.25) is 10.2 Å². The average Bonchev–Trinajstić information content (AvgIpc) is 2.47. The maximum Gasteiger partial charge on any atom is 0.241 e. The smallest absolute Gasteiger partial charge is 0.241 e. The summed E-state index contributed by atoms with van der Waals surface area (Å²) in [6.07, 6.45) is 7.25. The third-order valence-corrected chi connectivity index (χ3v) is 3.61. The van der Waals surface area contributed by atoms with Crippen LogP contribution in [0, 0.1) is 0 Å². The molecular formula is C15H20N2O. The molecular weight excluding hydrogens is 224 g/mol. The first-order valence-corrected chi connectivity index (χ1v) is 6.52. The van der Waals surface area contributed by atoms with E-state index >= 15 is 0 Å². The van der Waals surface area contributed by atoms with Gasteiger partial charge in [-0.15, -0.1) is 0 Å². The van der Waals surface area contributed by atoms with Crippen LogP contribution in [-0.2, 0) is 4.79 Å². The van der Waals surface area contributed by atoms with Gasteiger partial charge in [0.15, 0.2) is 0 Å². The highest BCUT2D eigenvalue weighted by molar-refractivity contribution is 5.82. The van der Waals surface area contributed by atoms with Crippen molar-refractivity contribution < 1.29 is 4.79 Å². The number of nitrogens with one attached hydrogen (secondary N) is 1. The Kier molecular flexibility index (Phi) is 4.15. The maximum absolute atomic E-state index is 11.5. The topological polar surface area (TPSA) is 55.1 Å². The summed E-state index contributed by atoms with van der Waals surface area (Å²) in [7, 11) is 0. The first kappa shape index (κ1) is 12.8. The van der Waals surface area contributed by atoms with E-state index in [0.717, 1.165) is 12.0 Å². The zero-order valence-corrected chi connectivity index (χ0v) is 10.8. The Morgan fingerprint density at radius 3 is 2.56 bits per heavy atom. The molecule has 0 aliphatic heterocycles. The molecule has 1 aromatic carbocycles. The van der Waals surface area contributed by atoms with Crippen molar-refractivity contribution in [3.63, 3.8) is 0 Å². The number of hydrogen-bond donors (Lipinski definition) is 2. The predicted octanol–water partition coefficient (Wildman–Crippen LogP) is 2.74. The van der Waals surface area contributed by atoms with Crippen LogP contribution in [0.5, 0.6) is 0 Å². The first-order valence-electron chi connectivity index (χ1n) is 6.52. The fourth-order valence-electron chi connectivity index (χ4n) is 2.36. The molecule has 1 amide bonds. The molecule has 0 spiro atoms. The highest BCUT2D eigenvalue weighted by Gasteiger charge is 2.14. The van der Waals surface area contributed by atoms with Gasteiger partial charge in [0.25, 0.3) is 0 Å². The summed E-state index contributed by atoms with van der Waals surface area (Å²) in [6, 6.07) is 8.24. The molecule has 18 heavy (non-hydrogen) atoms. The van der Waals surface area contributed by atoms with Crippen molar-refractivity contribution in [3.05, 3.63) is 41.5 Å². The molecule has 0 bridgehead atoms. The fourth-order valence-corrected chi connectivity index (χ4v) is 2.36. The highest BCUT2D eigenvalue weighted by Crippen LogP contribution is 2.27. The molecule has 0 saturated heterocycles. The van der Waals surface area contributed by atoms with Gasteiger partial charge in [-0.05, 0) is 49.3 Å². The van der Waals surface area contributed by atoms with E-state index in [9.17, 15) is 4.79 Å². The van der Waals surface area contributed by atoms with E-state index in [-0.39, 0.29) is 11.8 Å². The van der Waals surface area contributed by atoms with Crippen LogP contribution in [0.4, 0.5) is 0 Å². The molecule has 0 fully saturated rings. The highest BCUT2D eigenvalue weighted by atomic mass is 16.2. The van der Waals surface area contributed by atoms with E-state index in [1.165, 1.54) is 30.4 Å². The molecule has 0 heterocycles. The molecule has 96 valence electrons. The number of hydrazine groups is 1. The molecule has 1 atom stereocenters. The van der Waals surface area contributed by atoms with E-state index in [2.05, 4.69) is 23.6 Å². The maximum atomic E-state index is 11.5. The SMILES string of the molecule is CC(C(=O)NN)c1ccc(C2=CCCCC2)cc1. The lowest BCUT2D eigenvalue weighted by Gasteiger charge is -2.14. The summed E-state index contributed by atoms with van der Waals surface area (Å²) >= 11 is 0. The monoisotopic (exact) mass is 244 g/mol. The molecule has 3 N–H and O–H groups in total. The van der Waals surface area contributed by atoms with Crippen LogP contribution >= 0.6 is 0 Å². The summed E-state index contributed by atoms with van der Waals surface area (Å²) in [4.78, 5) is 11.5. The first-order chi connectivity index (χ1) is 8.72. The van der Waals surface area contributed by atoms with E-state index in [4.69, 9.17) is 5.84 Å². The van der Waals surface area contributed by atoms with Gasteiger partial charge in [0.2, 0.25) is 5.91 Å². The van der Waals surface area contributed by atoms with Gasteiger partial charge in [-0.2, -0.15) is 0 Å². The summed E-state index contributed by atoms with van der Waals surface area (Å²) in [5, 5.41) is 0. The van der Waals surface area contributed by atoms with E-state index < -0.39 is 0 Å². The average molecular weight is 244 g/mol. The Hall–Kier alpha value is -1.61. The van der Waals surface area contributed by atoms with Crippen molar-refractivity contribution in [2.75, 3.05) is 0 Å². The van der Waals surface area contributed by atoms with Crippen molar-refractivity contribution in [3.8, 4) is 0 Å². The van der Waals surface area contributed by atoms with Crippen LogP contribution < -0.4 is 11.3 Å². The molecule has 0 saturated carbocycles. The van der Waals surface area contributed by atoms with Gasteiger partial charge in [0.05, 0.1) is 5.92 Å². The number of carbonyl (C=O) groups excluding carboxylic acids is 1. The van der Waals surface area contributed by atoms with Crippen molar-refractivity contribution in [1.82, 2.24) is 5.43 Å². The molecule has 1 unspecified atom stereocenters. The van der Waals surface area contributed by atoms with Crippen molar-refractivity contribution in [2.45, 2.75) is 38.5 Å². The second-order valence-corrected chi connectivity index (χ2v) is 4.83. The minimum absolute atomic E-state index is 0.153. The molecule has 0 radical (unpaired) electrons. The van der Waals surface area contributed by atoms with Gasteiger partial charge in [-0.25, -0.2) is 5.84 Å². The standard InChI is InChI=1S/C15H20N2O/c1-11(15(18)17-16)12-7-9-14(10-8-12)13-5-3-2-4-6-13/h5,7-11H,2-4,6,16H2,1H3,(H,17,18). The summed E-state index contributed by atoms with van der Waals surface area (Å²) in [5.41, 5.74) is 5.90. The van der Waals surface area contributed by atoms with Crippen LogP contribution in [0.25, 0.3) is 5.57 Å². The molecule has 1 aliphatic carbocycles. The lowest BCUT2D eigenvalue weighted by molar-refractivity contribution is -0.122. The van der Waals surface area contributed by atoms with Crippen LogP contribution in [0.1, 0.15) is 49.7 Å². The van der Waals surface area contributed by atoms with Crippen LogP contribution in [0.15, 0.2) is 30.3 Å². The lowest BCUT2D eigenvalue weighted by atomic mass is 9.91.